The largest absolute Gasteiger partial charge is 0.259 e. The Labute approximate surface area is 88.6 Å². The molecule has 2 rings (SSSR count). The maximum atomic E-state index is 12.8. The number of nitro groups is 1. The Hall–Kier alpha value is -1.75. The van der Waals surface area contributed by atoms with Gasteiger partial charge in [-0.1, -0.05) is 0 Å². The van der Waals surface area contributed by atoms with E-state index in [0.717, 1.165) is 21.2 Å². The van der Waals surface area contributed by atoms with Gasteiger partial charge in [0.2, 0.25) is 6.20 Å². The molecule has 0 amide bonds. The van der Waals surface area contributed by atoms with Gasteiger partial charge in [0.15, 0.2) is 0 Å². The number of hydrogen-bond acceptors (Lipinski definition) is 3. The van der Waals surface area contributed by atoms with Crippen molar-refractivity contribution in [3.8, 4) is 0 Å². The van der Waals surface area contributed by atoms with Gasteiger partial charge in [-0.3, -0.25) is 10.1 Å². The topological polar surface area (TPSA) is 43.1 Å². The van der Waals surface area contributed by atoms with Crippen molar-refractivity contribution in [2.24, 2.45) is 0 Å². The number of fused-ring (bicyclic) bond motifs is 1. The highest BCUT2D eigenvalue weighted by Crippen LogP contribution is 2.26. The first-order chi connectivity index (χ1) is 7.15. The van der Waals surface area contributed by atoms with E-state index in [1.54, 1.807) is 12.1 Å². The molecule has 0 saturated carbocycles. The maximum Gasteiger partial charge on any atom is 0.235 e. The van der Waals surface area contributed by atoms with Crippen LogP contribution in [-0.2, 0) is 0 Å². The van der Waals surface area contributed by atoms with Crippen LogP contribution >= 0.6 is 11.3 Å². The van der Waals surface area contributed by atoms with Gasteiger partial charge in [-0.2, -0.15) is 0 Å². The summed E-state index contributed by atoms with van der Waals surface area (Å²) < 4.78 is 13.8. The van der Waals surface area contributed by atoms with Gasteiger partial charge >= 0.3 is 0 Å². The van der Waals surface area contributed by atoms with E-state index in [2.05, 4.69) is 0 Å². The van der Waals surface area contributed by atoms with Gasteiger partial charge in [0.05, 0.1) is 4.92 Å². The number of thiophene rings is 1. The zero-order chi connectivity index (χ0) is 10.8. The quantitative estimate of drug-likeness (QED) is 0.579. The molecule has 15 heavy (non-hydrogen) atoms. The summed E-state index contributed by atoms with van der Waals surface area (Å²) in [5, 5.41) is 10.9. The molecular weight excluding hydrogens is 217 g/mol. The van der Waals surface area contributed by atoms with Crippen molar-refractivity contribution in [3.05, 3.63) is 51.3 Å². The smallest absolute Gasteiger partial charge is 0.235 e. The molecule has 0 N–H and O–H groups in total. The molecule has 0 bridgehead atoms. The van der Waals surface area contributed by atoms with Crippen LogP contribution in [0.1, 0.15) is 4.88 Å². The van der Waals surface area contributed by atoms with E-state index in [9.17, 15) is 14.5 Å². The minimum atomic E-state index is -0.523. The van der Waals surface area contributed by atoms with Crippen LogP contribution in [0.2, 0.25) is 0 Å². The average molecular weight is 223 g/mol. The zero-order valence-corrected chi connectivity index (χ0v) is 8.33. The normalized spacial score (nSPS) is 11.3. The van der Waals surface area contributed by atoms with E-state index in [-0.39, 0.29) is 5.82 Å². The second kappa shape index (κ2) is 3.78. The molecule has 0 atom stereocenters. The molecule has 0 saturated heterocycles. The zero-order valence-electron chi connectivity index (χ0n) is 7.51. The predicted molar refractivity (Wildman–Crippen MR) is 57.8 cm³/mol. The van der Waals surface area contributed by atoms with Crippen LogP contribution in [0, 0.1) is 15.9 Å². The highest BCUT2D eigenvalue weighted by molar-refractivity contribution is 7.19. The summed E-state index contributed by atoms with van der Waals surface area (Å²) in [6.07, 6.45) is 2.28. The molecule has 2 aromatic rings. The van der Waals surface area contributed by atoms with Crippen LogP contribution in [0.15, 0.2) is 30.5 Å². The van der Waals surface area contributed by atoms with E-state index in [1.807, 2.05) is 0 Å². The molecule has 0 unspecified atom stereocenters. The lowest BCUT2D eigenvalue weighted by molar-refractivity contribution is -0.400. The summed E-state index contributed by atoms with van der Waals surface area (Å²) in [6.45, 7) is 0. The Kier molecular flexibility index (Phi) is 2.47. The third-order valence-electron chi connectivity index (χ3n) is 1.86. The Bertz CT molecular complexity index is 547. The molecule has 3 nitrogen and oxygen atoms in total. The van der Waals surface area contributed by atoms with Crippen LogP contribution in [-0.4, -0.2) is 4.92 Å². The predicted octanol–water partition coefficient (Wildman–Crippen LogP) is 3.29. The Morgan fingerprint density at radius 3 is 2.93 bits per heavy atom. The van der Waals surface area contributed by atoms with Crippen molar-refractivity contribution in [2.75, 3.05) is 0 Å². The number of benzene rings is 1. The molecule has 76 valence electrons. The molecule has 5 heteroatoms. The summed E-state index contributed by atoms with van der Waals surface area (Å²) >= 11 is 1.39. The first-order valence-corrected chi connectivity index (χ1v) is 4.97. The molecule has 0 fully saturated rings. The first kappa shape index (κ1) is 9.79. The van der Waals surface area contributed by atoms with Crippen molar-refractivity contribution in [1.82, 2.24) is 0 Å². The van der Waals surface area contributed by atoms with Crippen LogP contribution in [0.3, 0.4) is 0 Å². The molecule has 1 aromatic heterocycles. The molecule has 0 aliphatic carbocycles. The average Bonchev–Trinajstić information content (AvgIpc) is 2.56. The minimum Gasteiger partial charge on any atom is -0.259 e. The summed E-state index contributed by atoms with van der Waals surface area (Å²) in [4.78, 5) is 10.3. The first-order valence-electron chi connectivity index (χ1n) is 4.16. The summed E-state index contributed by atoms with van der Waals surface area (Å²) in [5.74, 6) is -0.301. The van der Waals surface area contributed by atoms with Crippen LogP contribution in [0.4, 0.5) is 4.39 Å². The number of halogens is 1. The second-order valence-corrected chi connectivity index (χ2v) is 4.05. The monoisotopic (exact) mass is 223 g/mol. The van der Waals surface area contributed by atoms with Crippen molar-refractivity contribution in [3.63, 3.8) is 0 Å². The van der Waals surface area contributed by atoms with E-state index in [0.29, 0.717) is 0 Å². The summed E-state index contributed by atoms with van der Waals surface area (Å²) in [7, 11) is 0. The minimum absolute atomic E-state index is 0.301. The van der Waals surface area contributed by atoms with E-state index in [1.165, 1.54) is 29.5 Å². The lowest BCUT2D eigenvalue weighted by Crippen LogP contribution is -1.80. The molecule has 0 spiro atoms. The third-order valence-corrected chi connectivity index (χ3v) is 2.94. The molecule has 1 heterocycles. The maximum absolute atomic E-state index is 12.8. The van der Waals surface area contributed by atoms with Gasteiger partial charge in [0.1, 0.15) is 5.82 Å². The van der Waals surface area contributed by atoms with Crippen molar-refractivity contribution in [1.29, 1.82) is 0 Å². The van der Waals surface area contributed by atoms with Crippen LogP contribution < -0.4 is 0 Å². The Balaban J connectivity index is 2.43. The van der Waals surface area contributed by atoms with Crippen molar-refractivity contribution >= 4 is 27.5 Å². The van der Waals surface area contributed by atoms with Gasteiger partial charge < -0.3 is 0 Å². The lowest BCUT2D eigenvalue weighted by atomic mass is 10.2. The molecule has 0 aliphatic heterocycles. The fraction of sp³-hybridized carbons (Fsp3) is 0. The van der Waals surface area contributed by atoms with E-state index >= 15 is 0 Å². The lowest BCUT2D eigenvalue weighted by Gasteiger charge is -1.86. The van der Waals surface area contributed by atoms with Crippen molar-refractivity contribution < 1.29 is 9.31 Å². The van der Waals surface area contributed by atoms with Gasteiger partial charge in [0, 0.05) is 15.7 Å². The highest BCUT2D eigenvalue weighted by Gasteiger charge is 2.01. The summed E-state index contributed by atoms with van der Waals surface area (Å²) in [6, 6.07) is 6.18. The van der Waals surface area contributed by atoms with Gasteiger partial charge in [-0.05, 0) is 29.7 Å². The van der Waals surface area contributed by atoms with Gasteiger partial charge in [-0.25, -0.2) is 4.39 Å². The second-order valence-electron chi connectivity index (χ2n) is 2.93. The fourth-order valence-corrected chi connectivity index (χ4v) is 2.19. The van der Waals surface area contributed by atoms with Crippen LogP contribution in [0.25, 0.3) is 16.2 Å². The highest BCUT2D eigenvalue weighted by atomic mass is 32.1. The molecule has 0 aliphatic rings. The fourth-order valence-electron chi connectivity index (χ4n) is 1.25. The molecule has 1 aromatic carbocycles. The Morgan fingerprint density at radius 2 is 2.20 bits per heavy atom. The van der Waals surface area contributed by atoms with Crippen molar-refractivity contribution in [2.45, 2.75) is 0 Å². The SMILES string of the molecule is O=[N+]([O-])/C=C/c1cc2cc(F)ccc2s1. The molecular formula is C10H6FNO2S. The van der Waals surface area contributed by atoms with Gasteiger partial charge in [-0.15, -0.1) is 11.3 Å². The van der Waals surface area contributed by atoms with E-state index in [4.69, 9.17) is 0 Å². The van der Waals surface area contributed by atoms with Crippen LogP contribution in [0.5, 0.6) is 0 Å². The number of hydrogen-bond donors (Lipinski definition) is 0. The van der Waals surface area contributed by atoms with E-state index < -0.39 is 4.92 Å². The number of nitrogens with zero attached hydrogens (tertiary/aromatic N) is 1. The summed E-state index contributed by atoms with van der Waals surface area (Å²) in [5.41, 5.74) is 0. The number of rotatable bonds is 2. The standard InChI is InChI=1S/C10H6FNO2S/c11-8-1-2-10-7(5-8)6-9(15-10)3-4-12(13)14/h1-6H/b4-3+. The molecule has 0 radical (unpaired) electrons. The third kappa shape index (κ3) is 2.19. The van der Waals surface area contributed by atoms with Gasteiger partial charge in [0.25, 0.3) is 0 Å². The Morgan fingerprint density at radius 1 is 1.40 bits per heavy atom.